The van der Waals surface area contributed by atoms with E-state index in [0.29, 0.717) is 17.5 Å². The van der Waals surface area contributed by atoms with Crippen molar-refractivity contribution in [2.45, 2.75) is 113 Å². The van der Waals surface area contributed by atoms with Gasteiger partial charge in [0.25, 0.3) is 0 Å². The zero-order chi connectivity index (χ0) is 28.0. The Hall–Kier alpha value is 0.216. The minimum Gasteiger partial charge on any atom is -0.748 e. The summed E-state index contributed by atoms with van der Waals surface area (Å²) in [6.07, 6.45) is 16.9. The average Bonchev–Trinajstić information content (AvgIpc) is 3.68. The van der Waals surface area contributed by atoms with Crippen molar-refractivity contribution in [2.75, 3.05) is 19.3 Å². The molecule has 2 aliphatic heterocycles. The van der Waals surface area contributed by atoms with E-state index >= 15 is 0 Å². The molecule has 6 fully saturated rings. The van der Waals surface area contributed by atoms with Gasteiger partial charge in [-0.05, 0) is 106 Å². The topological polar surface area (TPSA) is 24.1 Å². The molecule has 4 unspecified atom stereocenters. The van der Waals surface area contributed by atoms with E-state index in [1.54, 1.807) is 17.2 Å². The number of rotatable bonds is 6. The number of hydrogen-bond donors (Lipinski definition) is 2. The van der Waals surface area contributed by atoms with Gasteiger partial charge in [-0.1, -0.05) is 37.9 Å². The third kappa shape index (κ3) is 6.09. The van der Waals surface area contributed by atoms with Crippen LogP contribution in [-0.2, 0) is 27.6 Å². The van der Waals surface area contributed by atoms with E-state index < -0.39 is 8.07 Å². The molecule has 2 aromatic carbocycles. The first-order chi connectivity index (χ1) is 19.3. The van der Waals surface area contributed by atoms with Crippen molar-refractivity contribution in [3.63, 3.8) is 0 Å². The van der Waals surface area contributed by atoms with Crippen molar-refractivity contribution in [1.29, 1.82) is 0 Å². The number of hydrogen-bond acceptors (Lipinski definition) is 2. The van der Waals surface area contributed by atoms with Gasteiger partial charge in [0.05, 0.1) is 0 Å². The van der Waals surface area contributed by atoms with Gasteiger partial charge in [0, 0.05) is 37.2 Å². The van der Waals surface area contributed by atoms with E-state index in [0.717, 1.165) is 23.7 Å². The van der Waals surface area contributed by atoms with Crippen molar-refractivity contribution in [3.8, 4) is 0 Å². The summed E-state index contributed by atoms with van der Waals surface area (Å²) in [5, 5.41) is 9.96. The Morgan fingerprint density at radius 2 is 1.32 bits per heavy atom. The summed E-state index contributed by atoms with van der Waals surface area (Å²) in [6, 6.07) is 16.7. The van der Waals surface area contributed by atoms with Gasteiger partial charge in [0.15, 0.2) is 0 Å². The van der Waals surface area contributed by atoms with E-state index in [1.807, 2.05) is 35.9 Å². The summed E-state index contributed by atoms with van der Waals surface area (Å²) in [6.45, 7) is 10.1. The van der Waals surface area contributed by atoms with Gasteiger partial charge in [-0.15, -0.1) is 18.5 Å². The van der Waals surface area contributed by atoms with E-state index in [2.05, 4.69) is 60.9 Å². The zero-order valence-electron chi connectivity index (χ0n) is 25.9. The molecule has 0 amide bonds. The number of piperidine rings is 2. The van der Waals surface area contributed by atoms with Crippen LogP contribution in [0, 0.1) is 23.7 Å². The van der Waals surface area contributed by atoms with Crippen LogP contribution < -0.4 is 15.8 Å². The van der Waals surface area contributed by atoms with Crippen molar-refractivity contribution < 1.29 is 17.1 Å². The summed E-state index contributed by atoms with van der Waals surface area (Å²) in [7, 11) is 5.44. The zero-order valence-corrected chi connectivity index (χ0v) is 30.3. The molecule has 6 heteroatoms. The average molecular weight is 651 g/mol. The van der Waals surface area contributed by atoms with Crippen LogP contribution in [0.2, 0.25) is 19.6 Å². The molecule has 0 aromatic heterocycles. The maximum absolute atomic E-state index is 4.07. The Morgan fingerprint density at radius 1 is 0.829 bits per heavy atom. The second-order valence-corrected chi connectivity index (χ2v) is 21.7. The van der Waals surface area contributed by atoms with Crippen molar-refractivity contribution >= 4 is 31.7 Å². The van der Waals surface area contributed by atoms with Gasteiger partial charge in [-0.3, -0.25) is 0 Å². The summed E-state index contributed by atoms with van der Waals surface area (Å²) in [5.41, 5.74) is 3.94. The molecular weight excluding hydrogens is 594 g/mol. The molecule has 4 bridgehead atoms. The van der Waals surface area contributed by atoms with Gasteiger partial charge < -0.3 is 41.0 Å². The third-order valence-corrected chi connectivity index (χ3v) is 15.8. The predicted octanol–water partition coefficient (Wildman–Crippen LogP) is 7.28. The third-order valence-electron chi connectivity index (χ3n) is 12.0. The first-order valence-corrected chi connectivity index (χ1v) is 21.6. The predicted molar refractivity (Wildman–Crippen MR) is 183 cm³/mol. The number of nitrogens with one attached hydrogen (secondary N) is 2. The van der Waals surface area contributed by atoms with Gasteiger partial charge in [-0.25, -0.2) is 0 Å². The van der Waals surface area contributed by atoms with Crippen molar-refractivity contribution in [3.05, 3.63) is 53.6 Å². The van der Waals surface area contributed by atoms with Crippen LogP contribution in [0.4, 0.5) is 0 Å². The molecule has 2 nitrogen and oxygen atoms in total. The van der Waals surface area contributed by atoms with Crippen LogP contribution in [-0.4, -0.2) is 39.4 Å². The molecule has 0 spiro atoms. The van der Waals surface area contributed by atoms with Crippen LogP contribution >= 0.6 is 18.5 Å². The van der Waals surface area contributed by atoms with Gasteiger partial charge in [0.2, 0.25) is 0 Å². The molecular formula is C35H56FeN2P2Si-6. The van der Waals surface area contributed by atoms with Crippen LogP contribution in [0.5, 0.6) is 0 Å². The molecule has 234 valence electrons. The van der Waals surface area contributed by atoms with E-state index in [4.69, 9.17) is 0 Å². The largest absolute Gasteiger partial charge is 0.748 e. The molecule has 0 radical (unpaired) electrons. The SMILES string of the molecule is C[Si](C)(C)[c-]1cc(C(P)(C2CCCCN2)C2CCCCN2)c(C2(CP)C3CC4CC(C3)CC2C4)c1.[Fe].[cH-]1[cH-][cH-][cH-][cH-]1. The summed E-state index contributed by atoms with van der Waals surface area (Å²) in [5.74, 6) is 3.86. The summed E-state index contributed by atoms with van der Waals surface area (Å²) in [4.78, 5) is 0. The summed E-state index contributed by atoms with van der Waals surface area (Å²) < 4.78 is 0. The second-order valence-electron chi connectivity index (χ2n) is 15.3. The fourth-order valence-electron chi connectivity index (χ4n) is 10.1. The Morgan fingerprint density at radius 3 is 1.71 bits per heavy atom. The first kappa shape index (κ1) is 32.6. The maximum atomic E-state index is 4.07. The molecule has 8 rings (SSSR count). The van der Waals surface area contributed by atoms with E-state index in [1.165, 1.54) is 83.5 Å². The van der Waals surface area contributed by atoms with Gasteiger partial charge in [0.1, 0.15) is 0 Å². The summed E-state index contributed by atoms with van der Waals surface area (Å²) >= 11 is 0. The Bertz CT molecular complexity index is 1030. The Kier molecular flexibility index (Phi) is 10.6. The molecule has 4 saturated carbocycles. The van der Waals surface area contributed by atoms with Crippen LogP contribution in [0.1, 0.15) is 81.8 Å². The fourth-order valence-corrected chi connectivity index (χ4v) is 12.9. The van der Waals surface area contributed by atoms with Crippen molar-refractivity contribution in [2.24, 2.45) is 23.7 Å². The normalized spacial score (nSPS) is 36.1. The minimum atomic E-state index is -1.43. The van der Waals surface area contributed by atoms with Gasteiger partial charge >= 0.3 is 0 Å². The maximum Gasteiger partial charge on any atom is 0.0147 e. The molecule has 2 N–H and O–H groups in total. The molecule has 6 aliphatic rings. The second kappa shape index (κ2) is 13.3. The molecule has 4 atom stereocenters. The molecule has 2 aromatic rings. The van der Waals surface area contributed by atoms with E-state index in [-0.39, 0.29) is 22.2 Å². The Balaban J connectivity index is 0.000000510. The molecule has 2 saturated heterocycles. The smallest absolute Gasteiger partial charge is 0.0147 e. The van der Waals surface area contributed by atoms with Crippen LogP contribution in [0.25, 0.3) is 0 Å². The standard InChI is InChI=1S/C30H51N2P2Si.C5H5.Fe/c1-35(2,3)24-17-25(29(19-33)22-13-20-12-21(15-22)16-23(29)14-20)26(18-24)30(34,27-8-4-6-10-31-27)28-9-5-7-11-32-28;1-2-4-5-3-1;/h17-18,20-23,27-28,31-32H,4-16,19,33-34H2,1-3H3;1-5H;/q-1;-5;. The molecule has 2 heterocycles. The molecule has 4 aliphatic carbocycles. The monoisotopic (exact) mass is 650 g/mol. The molecule has 41 heavy (non-hydrogen) atoms. The minimum absolute atomic E-state index is 0. The van der Waals surface area contributed by atoms with Crippen LogP contribution in [0.3, 0.4) is 0 Å². The first-order valence-electron chi connectivity index (χ1n) is 16.7. The Labute approximate surface area is 267 Å². The van der Waals surface area contributed by atoms with Gasteiger partial charge in [-0.2, -0.15) is 28.4 Å². The van der Waals surface area contributed by atoms with E-state index in [9.17, 15) is 0 Å². The fraction of sp³-hybridized carbons (Fsp3) is 0.714. The van der Waals surface area contributed by atoms with Crippen LogP contribution in [0.15, 0.2) is 42.5 Å². The quantitative estimate of drug-likeness (QED) is 0.195. The van der Waals surface area contributed by atoms with Crippen molar-refractivity contribution in [1.82, 2.24) is 10.6 Å².